The molecule has 5 rings (SSSR count). The van der Waals surface area contributed by atoms with E-state index in [0.29, 0.717) is 34.0 Å². The Hall–Kier alpha value is -5.31. The van der Waals surface area contributed by atoms with Crippen LogP contribution in [0.1, 0.15) is 21.5 Å². The molecule has 4 aromatic rings. The number of rotatable bonds is 7. The summed E-state index contributed by atoms with van der Waals surface area (Å²) in [5, 5.41) is 5.31. The average Bonchev–Trinajstić information content (AvgIpc) is 3.08. The van der Waals surface area contributed by atoms with E-state index in [9.17, 15) is 18.8 Å². The van der Waals surface area contributed by atoms with Gasteiger partial charge in [0.15, 0.2) is 5.78 Å². The summed E-state index contributed by atoms with van der Waals surface area (Å²) in [6.07, 6.45) is -1.39. The van der Waals surface area contributed by atoms with Crippen molar-refractivity contribution in [2.45, 2.75) is 6.17 Å². The molecule has 0 saturated heterocycles. The number of methoxy groups -OCH3 is 1. The van der Waals surface area contributed by atoms with Crippen molar-refractivity contribution in [1.82, 2.24) is 5.32 Å². The van der Waals surface area contributed by atoms with Crippen molar-refractivity contribution in [3.8, 4) is 5.75 Å². The minimum absolute atomic E-state index is 0.137. The number of fused-ring (bicyclic) bond motifs is 1. The van der Waals surface area contributed by atoms with Crippen molar-refractivity contribution >= 4 is 34.8 Å². The number of aliphatic imine (C=N–C) groups is 1. The van der Waals surface area contributed by atoms with Gasteiger partial charge in [0.05, 0.1) is 30.6 Å². The number of carbonyl (C=O) groups excluding carboxylic acids is 3. The van der Waals surface area contributed by atoms with Crippen LogP contribution in [0, 0.1) is 5.82 Å². The van der Waals surface area contributed by atoms with E-state index in [2.05, 4.69) is 15.6 Å². The van der Waals surface area contributed by atoms with E-state index in [4.69, 9.17) is 4.74 Å². The highest BCUT2D eigenvalue weighted by atomic mass is 19.1. The summed E-state index contributed by atoms with van der Waals surface area (Å²) in [4.78, 5) is 46.1. The van der Waals surface area contributed by atoms with Crippen LogP contribution in [-0.2, 0) is 4.79 Å². The van der Waals surface area contributed by atoms with Crippen LogP contribution in [-0.4, -0.2) is 43.3 Å². The second kappa shape index (κ2) is 11.6. The third kappa shape index (κ3) is 5.58. The third-order valence-corrected chi connectivity index (χ3v) is 6.33. The molecule has 1 atom stereocenters. The minimum Gasteiger partial charge on any atom is -0.497 e. The fourth-order valence-electron chi connectivity index (χ4n) is 4.42. The van der Waals surface area contributed by atoms with Crippen LogP contribution < -0.4 is 20.3 Å². The number of benzene rings is 4. The number of carbonyl (C=O) groups is 3. The van der Waals surface area contributed by atoms with Crippen LogP contribution in [0.4, 0.5) is 20.6 Å². The highest BCUT2D eigenvalue weighted by molar-refractivity contribution is 6.21. The second-order valence-electron chi connectivity index (χ2n) is 8.92. The Balaban J connectivity index is 1.53. The smallest absolute Gasteiger partial charge is 0.321 e. The lowest BCUT2D eigenvalue weighted by molar-refractivity contribution is -0.120. The normalized spacial score (nSPS) is 14.4. The molecule has 0 saturated carbocycles. The molecule has 40 heavy (non-hydrogen) atoms. The molecule has 1 heterocycles. The summed E-state index contributed by atoms with van der Waals surface area (Å²) < 4.78 is 19.6. The number of ether oxygens (including phenoxy) is 1. The number of Topliss-reactive ketones (excluding diaryl/α,β-unsaturated/α-hetero) is 1. The predicted molar refractivity (Wildman–Crippen MR) is 151 cm³/mol. The Morgan fingerprint density at radius 1 is 0.925 bits per heavy atom. The SMILES string of the molecule is COc1cccc(NC(=O)N[C@H]2N=C(c3ccccc3)c3ccccc3N(CC(=O)c3ccccc3F)C2=O)c1. The van der Waals surface area contributed by atoms with Crippen LogP contribution in [0.15, 0.2) is 108 Å². The first-order valence-electron chi connectivity index (χ1n) is 12.5. The lowest BCUT2D eigenvalue weighted by atomic mass is 10.00. The number of ketones is 1. The Morgan fingerprint density at radius 3 is 2.42 bits per heavy atom. The molecule has 0 fully saturated rings. The Morgan fingerprint density at radius 2 is 1.65 bits per heavy atom. The number of anilines is 2. The number of halogens is 1. The number of hydrogen-bond acceptors (Lipinski definition) is 5. The third-order valence-electron chi connectivity index (χ3n) is 6.33. The first-order chi connectivity index (χ1) is 19.4. The van der Waals surface area contributed by atoms with Crippen molar-refractivity contribution in [3.63, 3.8) is 0 Å². The first-order valence-corrected chi connectivity index (χ1v) is 12.5. The van der Waals surface area contributed by atoms with Crippen molar-refractivity contribution in [2.24, 2.45) is 4.99 Å². The number of nitrogens with zero attached hydrogens (tertiary/aromatic N) is 2. The summed E-state index contributed by atoms with van der Waals surface area (Å²) >= 11 is 0. The highest BCUT2D eigenvalue weighted by Gasteiger charge is 2.34. The Labute approximate surface area is 230 Å². The largest absolute Gasteiger partial charge is 0.497 e. The zero-order valence-electron chi connectivity index (χ0n) is 21.5. The molecule has 9 heteroatoms. The van der Waals surface area contributed by atoms with E-state index in [1.165, 1.54) is 30.2 Å². The number of urea groups is 1. The van der Waals surface area contributed by atoms with E-state index in [-0.39, 0.29) is 5.56 Å². The quantitative estimate of drug-likeness (QED) is 0.323. The van der Waals surface area contributed by atoms with Gasteiger partial charge in [-0.25, -0.2) is 14.2 Å². The maximum atomic E-state index is 14.4. The average molecular weight is 537 g/mol. The molecular formula is C31H25FN4O4. The van der Waals surface area contributed by atoms with Crippen molar-refractivity contribution in [3.05, 3.63) is 126 Å². The van der Waals surface area contributed by atoms with Crippen LogP contribution >= 0.6 is 0 Å². The summed E-state index contributed by atoms with van der Waals surface area (Å²) in [5.74, 6) is -1.38. The van der Waals surface area contributed by atoms with Crippen LogP contribution in [0.2, 0.25) is 0 Å². The molecule has 200 valence electrons. The van der Waals surface area contributed by atoms with Gasteiger partial charge in [-0.05, 0) is 30.3 Å². The van der Waals surface area contributed by atoms with E-state index >= 15 is 0 Å². The molecule has 4 aromatic carbocycles. The van der Waals surface area contributed by atoms with Gasteiger partial charge in [0.25, 0.3) is 5.91 Å². The highest BCUT2D eigenvalue weighted by Crippen LogP contribution is 2.29. The fraction of sp³-hybridized carbons (Fsp3) is 0.0968. The van der Waals surface area contributed by atoms with Crippen molar-refractivity contribution in [1.29, 1.82) is 0 Å². The van der Waals surface area contributed by atoms with E-state index < -0.39 is 36.2 Å². The van der Waals surface area contributed by atoms with Crippen LogP contribution in [0.3, 0.4) is 0 Å². The molecule has 2 N–H and O–H groups in total. The number of benzodiazepines with no additional fused rings is 1. The first kappa shape index (κ1) is 26.3. The maximum absolute atomic E-state index is 14.4. The summed E-state index contributed by atoms with van der Waals surface area (Å²) in [6, 6.07) is 27.9. The summed E-state index contributed by atoms with van der Waals surface area (Å²) in [7, 11) is 1.51. The van der Waals surface area contributed by atoms with Gasteiger partial charge in [-0.1, -0.05) is 66.7 Å². The van der Waals surface area contributed by atoms with Gasteiger partial charge in [0.1, 0.15) is 11.6 Å². The van der Waals surface area contributed by atoms with E-state index in [1.807, 2.05) is 30.3 Å². The monoisotopic (exact) mass is 536 g/mol. The van der Waals surface area contributed by atoms with Crippen molar-refractivity contribution in [2.75, 3.05) is 23.9 Å². The van der Waals surface area contributed by atoms with Gasteiger partial charge < -0.3 is 20.3 Å². The molecule has 3 amide bonds. The summed E-state index contributed by atoms with van der Waals surface area (Å²) in [5.41, 5.74) is 2.47. The lowest BCUT2D eigenvalue weighted by Crippen LogP contribution is -2.50. The maximum Gasteiger partial charge on any atom is 0.321 e. The molecule has 0 spiro atoms. The molecule has 1 aliphatic rings. The van der Waals surface area contributed by atoms with Gasteiger partial charge >= 0.3 is 6.03 Å². The van der Waals surface area contributed by atoms with E-state index in [0.717, 1.165) is 0 Å². The topological polar surface area (TPSA) is 100 Å². The number of nitrogens with one attached hydrogen (secondary N) is 2. The summed E-state index contributed by atoms with van der Waals surface area (Å²) in [6.45, 7) is -0.454. The molecular weight excluding hydrogens is 511 g/mol. The van der Waals surface area contributed by atoms with Crippen molar-refractivity contribution < 1.29 is 23.5 Å². The molecule has 0 aliphatic carbocycles. The van der Waals surface area contributed by atoms with Gasteiger partial charge in [-0.2, -0.15) is 0 Å². The number of para-hydroxylation sites is 1. The molecule has 0 unspecified atom stereocenters. The fourth-order valence-corrected chi connectivity index (χ4v) is 4.42. The molecule has 0 aromatic heterocycles. The number of amides is 3. The zero-order chi connectivity index (χ0) is 28.1. The molecule has 0 radical (unpaired) electrons. The Kier molecular flexibility index (Phi) is 7.63. The van der Waals surface area contributed by atoms with E-state index in [1.54, 1.807) is 54.6 Å². The Bertz CT molecular complexity index is 1610. The van der Waals surface area contributed by atoms with Gasteiger partial charge in [0, 0.05) is 22.9 Å². The van der Waals surface area contributed by atoms with Gasteiger partial charge in [0.2, 0.25) is 6.17 Å². The zero-order valence-corrected chi connectivity index (χ0v) is 21.5. The van der Waals surface area contributed by atoms with Gasteiger partial charge in [-0.3, -0.25) is 9.59 Å². The van der Waals surface area contributed by atoms with Crippen LogP contribution in [0.25, 0.3) is 0 Å². The standard InChI is InChI=1S/C31H25FN4O4/c1-40-22-13-9-12-21(18-22)33-31(39)35-29-30(38)36(19-27(37)23-14-5-7-16-25(23)32)26-17-8-6-15-24(26)28(34-29)20-10-3-2-4-11-20/h2-18,29H,19H2,1H3,(H2,33,35,39)/t29-/m1/s1. The minimum atomic E-state index is -1.39. The molecule has 0 bridgehead atoms. The van der Waals surface area contributed by atoms with Gasteiger partial charge in [-0.15, -0.1) is 0 Å². The molecule has 1 aliphatic heterocycles. The number of hydrogen-bond donors (Lipinski definition) is 2. The second-order valence-corrected chi connectivity index (χ2v) is 8.92. The van der Waals surface area contributed by atoms with Crippen LogP contribution in [0.5, 0.6) is 5.75 Å². The lowest BCUT2D eigenvalue weighted by Gasteiger charge is -2.25. The molecule has 8 nitrogen and oxygen atoms in total. The predicted octanol–water partition coefficient (Wildman–Crippen LogP) is 5.05.